The molecule has 0 atom stereocenters. The van der Waals surface area contributed by atoms with Gasteiger partial charge in [0.05, 0.1) is 23.6 Å². The predicted octanol–water partition coefficient (Wildman–Crippen LogP) is 0.779. The van der Waals surface area contributed by atoms with Crippen LogP contribution in [-0.2, 0) is 17.3 Å². The maximum atomic E-state index is 12.1. The van der Waals surface area contributed by atoms with Gasteiger partial charge in [0.25, 0.3) is 0 Å². The van der Waals surface area contributed by atoms with E-state index in [9.17, 15) is 8.42 Å². The van der Waals surface area contributed by atoms with Gasteiger partial charge in [0, 0.05) is 32.4 Å². The SMILES string of the molecule is Cc1nn(C)c2ncc(NS(=O)(=O)N(C)CCC#N)cc12. The van der Waals surface area contributed by atoms with Gasteiger partial charge in [0.1, 0.15) is 0 Å². The van der Waals surface area contributed by atoms with Crippen molar-refractivity contribution in [2.75, 3.05) is 18.3 Å². The topological polar surface area (TPSA) is 104 Å². The molecule has 112 valence electrons. The van der Waals surface area contributed by atoms with E-state index in [-0.39, 0.29) is 13.0 Å². The average molecular weight is 308 g/mol. The fourth-order valence-corrected chi connectivity index (χ4v) is 2.82. The molecule has 8 nitrogen and oxygen atoms in total. The zero-order valence-electron chi connectivity index (χ0n) is 12.0. The van der Waals surface area contributed by atoms with Crippen LogP contribution in [0.15, 0.2) is 12.3 Å². The standard InChI is InChI=1S/C12H16N6O2S/c1-9-11-7-10(8-14-12(11)18(3)15-9)16-21(19,20)17(2)6-4-5-13/h7-8,16H,4,6H2,1-3H3. The molecule has 0 amide bonds. The highest BCUT2D eigenvalue weighted by atomic mass is 32.2. The van der Waals surface area contributed by atoms with Gasteiger partial charge in [-0.05, 0) is 13.0 Å². The number of hydrogen-bond acceptors (Lipinski definition) is 5. The first-order valence-electron chi connectivity index (χ1n) is 6.25. The highest BCUT2D eigenvalue weighted by Gasteiger charge is 2.18. The number of rotatable bonds is 5. The molecule has 0 saturated heterocycles. The number of fused-ring (bicyclic) bond motifs is 1. The van der Waals surface area contributed by atoms with E-state index in [2.05, 4.69) is 14.8 Å². The molecule has 0 aliphatic heterocycles. The van der Waals surface area contributed by atoms with Crippen molar-refractivity contribution < 1.29 is 8.42 Å². The van der Waals surface area contributed by atoms with Crippen molar-refractivity contribution in [3.05, 3.63) is 18.0 Å². The molecule has 0 spiro atoms. The van der Waals surface area contributed by atoms with Gasteiger partial charge in [-0.2, -0.15) is 23.1 Å². The first-order valence-corrected chi connectivity index (χ1v) is 7.69. The van der Waals surface area contributed by atoms with Crippen molar-refractivity contribution in [2.45, 2.75) is 13.3 Å². The summed E-state index contributed by atoms with van der Waals surface area (Å²) in [6, 6.07) is 3.61. The van der Waals surface area contributed by atoms with Crippen molar-refractivity contribution in [2.24, 2.45) is 7.05 Å². The van der Waals surface area contributed by atoms with Gasteiger partial charge in [-0.15, -0.1) is 0 Å². The van der Waals surface area contributed by atoms with Crippen LogP contribution >= 0.6 is 0 Å². The van der Waals surface area contributed by atoms with Crippen LogP contribution in [0.3, 0.4) is 0 Å². The van der Waals surface area contributed by atoms with Crippen molar-refractivity contribution in [3.63, 3.8) is 0 Å². The Kier molecular flexibility index (Phi) is 4.11. The average Bonchev–Trinajstić information content (AvgIpc) is 2.70. The molecule has 0 aliphatic carbocycles. The molecule has 1 N–H and O–H groups in total. The van der Waals surface area contributed by atoms with Crippen molar-refractivity contribution >= 4 is 26.9 Å². The smallest absolute Gasteiger partial charge is 0.269 e. The number of nitrogens with zero attached hydrogens (tertiary/aromatic N) is 5. The lowest BCUT2D eigenvalue weighted by molar-refractivity contribution is 0.481. The van der Waals surface area contributed by atoms with Crippen LogP contribution < -0.4 is 4.72 Å². The Labute approximate surface area is 123 Å². The first kappa shape index (κ1) is 15.2. The molecular formula is C12H16N6O2S. The molecule has 0 bridgehead atoms. The minimum atomic E-state index is -3.70. The number of nitriles is 1. The van der Waals surface area contributed by atoms with Crippen LogP contribution in [0.4, 0.5) is 5.69 Å². The largest absolute Gasteiger partial charge is 0.301 e. The number of aromatic nitrogens is 3. The van der Waals surface area contributed by atoms with E-state index in [0.717, 1.165) is 15.4 Å². The lowest BCUT2D eigenvalue weighted by atomic mass is 10.3. The molecule has 2 rings (SSSR count). The van der Waals surface area contributed by atoms with E-state index in [4.69, 9.17) is 5.26 Å². The Morgan fingerprint density at radius 1 is 1.52 bits per heavy atom. The highest BCUT2D eigenvalue weighted by molar-refractivity contribution is 7.90. The lowest BCUT2D eigenvalue weighted by Crippen LogP contribution is -2.33. The minimum absolute atomic E-state index is 0.132. The van der Waals surface area contributed by atoms with Crippen LogP contribution in [-0.4, -0.2) is 41.1 Å². The zero-order chi connectivity index (χ0) is 15.6. The van der Waals surface area contributed by atoms with E-state index in [1.54, 1.807) is 17.8 Å². The van der Waals surface area contributed by atoms with E-state index >= 15 is 0 Å². The minimum Gasteiger partial charge on any atom is -0.269 e. The zero-order valence-corrected chi connectivity index (χ0v) is 12.8. The summed E-state index contributed by atoms with van der Waals surface area (Å²) in [6.07, 6.45) is 1.58. The second-order valence-corrected chi connectivity index (χ2v) is 6.42. The molecule has 0 saturated carbocycles. The third-order valence-electron chi connectivity index (χ3n) is 3.06. The molecule has 0 aliphatic rings. The molecule has 2 heterocycles. The summed E-state index contributed by atoms with van der Waals surface area (Å²) < 4.78 is 29.4. The molecule has 2 aromatic heterocycles. The van der Waals surface area contributed by atoms with Crippen molar-refractivity contribution in [1.29, 1.82) is 5.26 Å². The Morgan fingerprint density at radius 2 is 2.24 bits per heavy atom. The monoisotopic (exact) mass is 308 g/mol. The summed E-state index contributed by atoms with van der Waals surface area (Å²) in [7, 11) is -0.498. The highest BCUT2D eigenvalue weighted by Crippen LogP contribution is 2.20. The maximum Gasteiger partial charge on any atom is 0.301 e. The lowest BCUT2D eigenvalue weighted by Gasteiger charge is -2.16. The van der Waals surface area contributed by atoms with E-state index in [1.165, 1.54) is 13.2 Å². The van der Waals surface area contributed by atoms with Gasteiger partial charge >= 0.3 is 10.2 Å². The van der Waals surface area contributed by atoms with Crippen LogP contribution in [0.2, 0.25) is 0 Å². The molecule has 2 aromatic rings. The summed E-state index contributed by atoms with van der Waals surface area (Å²) in [6.45, 7) is 1.97. The summed E-state index contributed by atoms with van der Waals surface area (Å²) in [4.78, 5) is 4.21. The molecular weight excluding hydrogens is 292 g/mol. The van der Waals surface area contributed by atoms with Gasteiger partial charge in [-0.25, -0.2) is 4.98 Å². The second kappa shape index (κ2) is 5.67. The molecule has 0 aromatic carbocycles. The maximum absolute atomic E-state index is 12.1. The van der Waals surface area contributed by atoms with Crippen LogP contribution in [0, 0.1) is 18.3 Å². The summed E-state index contributed by atoms with van der Waals surface area (Å²) in [5, 5.41) is 13.5. The normalized spacial score (nSPS) is 11.8. The van der Waals surface area contributed by atoms with Gasteiger partial charge < -0.3 is 0 Å². The van der Waals surface area contributed by atoms with Crippen LogP contribution in [0.25, 0.3) is 11.0 Å². The third-order valence-corrected chi connectivity index (χ3v) is 4.56. The molecule has 9 heteroatoms. The molecule has 0 fully saturated rings. The number of hydrogen-bond donors (Lipinski definition) is 1. The fourth-order valence-electron chi connectivity index (χ4n) is 1.92. The van der Waals surface area contributed by atoms with E-state index < -0.39 is 10.2 Å². The summed E-state index contributed by atoms with van der Waals surface area (Å²) in [5.41, 5.74) is 1.83. The van der Waals surface area contributed by atoms with Gasteiger partial charge in [0.2, 0.25) is 0 Å². The first-order chi connectivity index (χ1) is 9.85. The Hall–Kier alpha value is -2.18. The summed E-state index contributed by atoms with van der Waals surface area (Å²) >= 11 is 0. The summed E-state index contributed by atoms with van der Waals surface area (Å²) in [5.74, 6) is 0. The van der Waals surface area contributed by atoms with Crippen LogP contribution in [0.1, 0.15) is 12.1 Å². The van der Waals surface area contributed by atoms with Crippen molar-refractivity contribution in [1.82, 2.24) is 19.1 Å². The van der Waals surface area contributed by atoms with Gasteiger partial charge in [0.15, 0.2) is 5.65 Å². The van der Waals surface area contributed by atoms with Crippen LogP contribution in [0.5, 0.6) is 0 Å². The number of nitrogens with one attached hydrogen (secondary N) is 1. The Morgan fingerprint density at radius 3 is 2.90 bits per heavy atom. The molecule has 0 unspecified atom stereocenters. The second-order valence-electron chi connectivity index (χ2n) is 4.64. The number of pyridine rings is 1. The Balaban J connectivity index is 2.27. The Bertz CT molecular complexity index is 805. The fraction of sp³-hybridized carbons (Fsp3) is 0.417. The number of anilines is 1. The van der Waals surface area contributed by atoms with E-state index in [0.29, 0.717) is 11.3 Å². The van der Waals surface area contributed by atoms with E-state index in [1.807, 2.05) is 13.0 Å². The van der Waals surface area contributed by atoms with Crippen molar-refractivity contribution in [3.8, 4) is 6.07 Å². The van der Waals surface area contributed by atoms with Gasteiger partial charge in [-0.1, -0.05) is 0 Å². The predicted molar refractivity (Wildman–Crippen MR) is 78.6 cm³/mol. The quantitative estimate of drug-likeness (QED) is 0.879. The number of aryl methyl sites for hydroxylation is 2. The third kappa shape index (κ3) is 3.12. The van der Waals surface area contributed by atoms with Gasteiger partial charge in [-0.3, -0.25) is 9.40 Å². The molecule has 0 radical (unpaired) electrons. The molecule has 21 heavy (non-hydrogen) atoms.